The highest BCUT2D eigenvalue weighted by Crippen LogP contribution is 2.43. The maximum atomic E-state index is 14.2. The van der Waals surface area contributed by atoms with Crippen molar-refractivity contribution in [3.05, 3.63) is 102 Å². The molecule has 2 aromatic carbocycles. The Kier molecular flexibility index (Phi) is 10.3. The lowest BCUT2D eigenvalue weighted by atomic mass is 9.92. The van der Waals surface area contributed by atoms with Crippen LogP contribution in [0.4, 0.5) is 4.39 Å². The molecule has 5 rings (SSSR count). The molecular weight excluding hydrogens is 585 g/mol. The second-order valence-corrected chi connectivity index (χ2v) is 12.5. The minimum atomic E-state index is -0.933. The lowest BCUT2D eigenvalue weighted by molar-refractivity contribution is -0.300. The van der Waals surface area contributed by atoms with E-state index in [4.69, 9.17) is 9.47 Å². The molecular formula is C37H42FN3O5. The van der Waals surface area contributed by atoms with E-state index in [1.807, 2.05) is 42.5 Å². The van der Waals surface area contributed by atoms with Crippen LogP contribution in [0.1, 0.15) is 74.7 Å². The van der Waals surface area contributed by atoms with Gasteiger partial charge in [-0.25, -0.2) is 4.39 Å². The molecule has 1 saturated heterocycles. The SMILES string of the molecule is CC(C)n1c(CC[C@H]2C[C@H](CC(=O)O)OC(C)(C)O2)c(-c2ccc(F)cc2)c(-c2ccccc2)c1C(=O)NCCc1cccnc1. The Morgan fingerprint density at radius 1 is 0.978 bits per heavy atom. The van der Waals surface area contributed by atoms with Crippen molar-refractivity contribution in [2.75, 3.05) is 6.54 Å². The van der Waals surface area contributed by atoms with Crippen molar-refractivity contribution in [2.45, 2.75) is 83.8 Å². The highest BCUT2D eigenvalue weighted by atomic mass is 19.1. The molecule has 4 aromatic rings. The van der Waals surface area contributed by atoms with Gasteiger partial charge in [0.2, 0.25) is 0 Å². The Morgan fingerprint density at radius 2 is 1.67 bits per heavy atom. The second-order valence-electron chi connectivity index (χ2n) is 12.5. The van der Waals surface area contributed by atoms with Crippen LogP contribution in [0.25, 0.3) is 22.3 Å². The average Bonchev–Trinajstić information content (AvgIpc) is 3.36. The molecule has 1 fully saturated rings. The molecule has 1 aliphatic heterocycles. The summed E-state index contributed by atoms with van der Waals surface area (Å²) in [5.41, 5.74) is 5.83. The number of benzene rings is 2. The first-order chi connectivity index (χ1) is 22.0. The van der Waals surface area contributed by atoms with Gasteiger partial charge < -0.3 is 24.5 Å². The molecule has 2 atom stereocenters. The van der Waals surface area contributed by atoms with E-state index in [2.05, 4.69) is 28.7 Å². The third-order valence-corrected chi connectivity index (χ3v) is 8.19. The van der Waals surface area contributed by atoms with Crippen molar-refractivity contribution in [1.29, 1.82) is 0 Å². The van der Waals surface area contributed by atoms with E-state index in [-0.39, 0.29) is 30.3 Å². The number of hydrogen-bond donors (Lipinski definition) is 2. The lowest BCUT2D eigenvalue weighted by Crippen LogP contribution is -2.45. The molecule has 1 aliphatic rings. The number of halogens is 1. The lowest BCUT2D eigenvalue weighted by Gasteiger charge is -2.40. The summed E-state index contributed by atoms with van der Waals surface area (Å²) in [6.45, 7) is 8.14. The normalized spacial score (nSPS) is 17.6. The number of carbonyl (C=O) groups excluding carboxylic acids is 1. The molecule has 0 radical (unpaired) electrons. The van der Waals surface area contributed by atoms with Crippen LogP contribution in [0.5, 0.6) is 0 Å². The van der Waals surface area contributed by atoms with Gasteiger partial charge in [0.05, 0.1) is 18.6 Å². The maximum Gasteiger partial charge on any atom is 0.305 e. The fraction of sp³-hybridized carbons (Fsp3) is 0.378. The van der Waals surface area contributed by atoms with Gasteiger partial charge in [0.1, 0.15) is 11.5 Å². The number of carbonyl (C=O) groups is 2. The van der Waals surface area contributed by atoms with Crippen LogP contribution in [0.2, 0.25) is 0 Å². The number of aliphatic carboxylic acids is 1. The number of carboxylic acid groups (broad SMARTS) is 1. The number of pyridine rings is 1. The Labute approximate surface area is 269 Å². The molecule has 0 aliphatic carbocycles. The molecule has 0 bridgehead atoms. The second kappa shape index (κ2) is 14.4. The third-order valence-electron chi connectivity index (χ3n) is 8.19. The highest BCUT2D eigenvalue weighted by Gasteiger charge is 2.37. The first kappa shape index (κ1) is 33.0. The van der Waals surface area contributed by atoms with Crippen LogP contribution < -0.4 is 5.32 Å². The number of rotatable bonds is 12. The maximum absolute atomic E-state index is 14.2. The molecule has 0 spiro atoms. The quantitative estimate of drug-likeness (QED) is 0.172. The topological polar surface area (TPSA) is 103 Å². The summed E-state index contributed by atoms with van der Waals surface area (Å²) in [6.07, 6.45) is 4.87. The molecule has 9 heteroatoms. The monoisotopic (exact) mass is 627 g/mol. The van der Waals surface area contributed by atoms with Crippen LogP contribution in [0.3, 0.4) is 0 Å². The van der Waals surface area contributed by atoms with Crippen molar-refractivity contribution in [3.63, 3.8) is 0 Å². The number of aromatic nitrogens is 2. The zero-order chi connectivity index (χ0) is 32.8. The molecule has 8 nitrogen and oxygen atoms in total. The summed E-state index contributed by atoms with van der Waals surface area (Å²) in [5.74, 6) is -2.39. The Balaban J connectivity index is 1.59. The van der Waals surface area contributed by atoms with Gasteiger partial charge in [-0.15, -0.1) is 0 Å². The third kappa shape index (κ3) is 7.89. The van der Waals surface area contributed by atoms with Gasteiger partial charge in [0.25, 0.3) is 5.91 Å². The molecule has 3 heterocycles. The van der Waals surface area contributed by atoms with Gasteiger partial charge in [-0.05, 0) is 81.8 Å². The highest BCUT2D eigenvalue weighted by molar-refractivity contribution is 6.05. The van der Waals surface area contributed by atoms with Crippen LogP contribution in [-0.2, 0) is 27.1 Å². The van der Waals surface area contributed by atoms with E-state index in [1.165, 1.54) is 12.1 Å². The van der Waals surface area contributed by atoms with E-state index in [0.717, 1.165) is 33.5 Å². The standard InChI is InChI=1S/C37H42FN3O5/c1-24(2)41-31(17-16-29-21-30(22-32(42)43)46-37(3,4)45-29)33(27-12-14-28(38)15-13-27)34(26-10-6-5-7-11-26)35(41)36(44)40-20-18-25-9-8-19-39-23-25/h5-15,19,23-24,29-30H,16-18,20-22H2,1-4H3,(H,40,44)(H,42,43)/t29-,30+/m0/s1. The van der Waals surface area contributed by atoms with Gasteiger partial charge in [-0.2, -0.15) is 0 Å². The zero-order valence-corrected chi connectivity index (χ0v) is 26.8. The van der Waals surface area contributed by atoms with Crippen LogP contribution in [0.15, 0.2) is 79.1 Å². The van der Waals surface area contributed by atoms with Gasteiger partial charge in [-0.3, -0.25) is 14.6 Å². The van der Waals surface area contributed by atoms with Crippen molar-refractivity contribution >= 4 is 11.9 Å². The fourth-order valence-corrected chi connectivity index (χ4v) is 6.45. The number of ether oxygens (including phenoxy) is 2. The summed E-state index contributed by atoms with van der Waals surface area (Å²) in [6, 6.07) is 20.0. The van der Waals surface area contributed by atoms with E-state index < -0.39 is 17.9 Å². The Hall–Kier alpha value is -4.34. The summed E-state index contributed by atoms with van der Waals surface area (Å²) < 4.78 is 28.5. The first-order valence-corrected chi connectivity index (χ1v) is 15.9. The number of carboxylic acids is 1. The van der Waals surface area contributed by atoms with Crippen molar-refractivity contribution < 1.29 is 28.6 Å². The summed E-state index contributed by atoms with van der Waals surface area (Å²) in [5, 5.41) is 12.6. The van der Waals surface area contributed by atoms with E-state index in [0.29, 0.717) is 37.9 Å². The van der Waals surface area contributed by atoms with Crippen molar-refractivity contribution in [3.8, 4) is 22.3 Å². The molecule has 242 valence electrons. The molecule has 0 unspecified atom stereocenters. The van der Waals surface area contributed by atoms with E-state index >= 15 is 0 Å². The van der Waals surface area contributed by atoms with Crippen molar-refractivity contribution in [1.82, 2.24) is 14.9 Å². The first-order valence-electron chi connectivity index (χ1n) is 15.9. The zero-order valence-electron chi connectivity index (χ0n) is 26.8. The van der Waals surface area contributed by atoms with Gasteiger partial charge in [0, 0.05) is 48.2 Å². The van der Waals surface area contributed by atoms with Gasteiger partial charge >= 0.3 is 5.97 Å². The number of amides is 1. The smallest absolute Gasteiger partial charge is 0.305 e. The Morgan fingerprint density at radius 3 is 2.33 bits per heavy atom. The molecule has 2 N–H and O–H groups in total. The molecule has 2 aromatic heterocycles. The van der Waals surface area contributed by atoms with Crippen LogP contribution >= 0.6 is 0 Å². The molecule has 1 amide bonds. The van der Waals surface area contributed by atoms with Crippen molar-refractivity contribution in [2.24, 2.45) is 0 Å². The predicted molar refractivity (Wildman–Crippen MR) is 175 cm³/mol. The summed E-state index contributed by atoms with van der Waals surface area (Å²) in [7, 11) is 0. The summed E-state index contributed by atoms with van der Waals surface area (Å²) in [4.78, 5) is 29.9. The minimum absolute atomic E-state index is 0.0856. The van der Waals surface area contributed by atoms with Crippen LogP contribution in [0, 0.1) is 5.82 Å². The van der Waals surface area contributed by atoms with E-state index in [1.54, 1.807) is 38.4 Å². The Bertz CT molecular complexity index is 1640. The number of hydrogen-bond acceptors (Lipinski definition) is 5. The molecule has 46 heavy (non-hydrogen) atoms. The number of nitrogens with one attached hydrogen (secondary N) is 1. The van der Waals surface area contributed by atoms with E-state index in [9.17, 15) is 19.1 Å². The molecule has 0 saturated carbocycles. The largest absolute Gasteiger partial charge is 0.481 e. The predicted octanol–water partition coefficient (Wildman–Crippen LogP) is 7.23. The van der Waals surface area contributed by atoms with Crippen LogP contribution in [-0.4, -0.2) is 51.1 Å². The average molecular weight is 628 g/mol. The minimum Gasteiger partial charge on any atom is -0.481 e. The fourth-order valence-electron chi connectivity index (χ4n) is 6.45. The summed E-state index contributed by atoms with van der Waals surface area (Å²) >= 11 is 0. The van der Waals surface area contributed by atoms with Gasteiger partial charge in [0.15, 0.2) is 5.79 Å². The number of nitrogens with zero attached hydrogens (tertiary/aromatic N) is 2. The van der Waals surface area contributed by atoms with Gasteiger partial charge in [-0.1, -0.05) is 48.5 Å².